The number of ketones is 1. The molecule has 16 heavy (non-hydrogen) atoms. The van der Waals surface area contributed by atoms with Crippen LogP contribution in [0.5, 0.6) is 0 Å². The van der Waals surface area contributed by atoms with Crippen molar-refractivity contribution in [2.75, 3.05) is 5.75 Å². The number of thioether (sulfide) groups is 1. The smallest absolute Gasteiger partial charge is 0.147 e. The lowest BCUT2D eigenvalue weighted by Gasteiger charge is -2.20. The zero-order chi connectivity index (χ0) is 11.2. The van der Waals surface area contributed by atoms with E-state index in [1.807, 2.05) is 17.8 Å². The lowest BCUT2D eigenvalue weighted by molar-refractivity contribution is -0.116. The van der Waals surface area contributed by atoms with Crippen LogP contribution in [0.2, 0.25) is 0 Å². The fraction of sp³-hybridized carbons (Fsp3) is 0.615. The van der Waals surface area contributed by atoms with E-state index in [0.29, 0.717) is 18.0 Å². The van der Waals surface area contributed by atoms with Crippen LogP contribution < -0.4 is 0 Å². The number of carbonyl (C=O) groups excluding carboxylic acids is 1. The van der Waals surface area contributed by atoms with E-state index in [1.165, 1.54) is 32.1 Å². The molecular weight excluding hydrogens is 220 g/mol. The number of Topliss-reactive ketones (excluding diaryl/α,β-unsaturated/α-hetero) is 1. The molecule has 1 aromatic heterocycles. The summed E-state index contributed by atoms with van der Waals surface area (Å²) in [5.74, 6) is 0.979. The Hall–Kier alpha value is -0.700. The van der Waals surface area contributed by atoms with Crippen molar-refractivity contribution >= 4 is 17.5 Å². The molecule has 1 aliphatic carbocycles. The second kappa shape index (κ2) is 6.14. The van der Waals surface area contributed by atoms with Crippen LogP contribution in [0.1, 0.15) is 37.7 Å². The summed E-state index contributed by atoms with van der Waals surface area (Å²) in [5.41, 5.74) is 0.995. The van der Waals surface area contributed by atoms with E-state index in [4.69, 9.17) is 4.42 Å². The van der Waals surface area contributed by atoms with E-state index in [0.717, 1.165) is 10.8 Å². The van der Waals surface area contributed by atoms with Crippen LogP contribution >= 0.6 is 11.8 Å². The SMILES string of the molecule is O=C(CSC1CCCCC1)Cc1ccoc1. The fourth-order valence-corrected chi connectivity index (χ4v) is 3.30. The van der Waals surface area contributed by atoms with Gasteiger partial charge >= 0.3 is 0 Å². The Bertz CT molecular complexity index is 313. The summed E-state index contributed by atoms with van der Waals surface area (Å²) in [6.45, 7) is 0. The van der Waals surface area contributed by atoms with Crippen molar-refractivity contribution in [2.45, 2.75) is 43.8 Å². The molecule has 1 heterocycles. The number of rotatable bonds is 5. The number of hydrogen-bond donors (Lipinski definition) is 0. The summed E-state index contributed by atoms with van der Waals surface area (Å²) in [6, 6.07) is 1.86. The Morgan fingerprint density at radius 1 is 1.38 bits per heavy atom. The van der Waals surface area contributed by atoms with Crippen molar-refractivity contribution in [1.29, 1.82) is 0 Å². The third-order valence-electron chi connectivity index (χ3n) is 3.01. The molecule has 0 aromatic carbocycles. The third kappa shape index (κ3) is 3.71. The summed E-state index contributed by atoms with van der Waals surface area (Å²) in [5, 5.41) is 0.724. The molecule has 88 valence electrons. The molecule has 2 rings (SSSR count). The average molecular weight is 238 g/mol. The van der Waals surface area contributed by atoms with Crippen LogP contribution in [0.25, 0.3) is 0 Å². The van der Waals surface area contributed by atoms with E-state index in [1.54, 1.807) is 12.5 Å². The molecule has 0 saturated heterocycles. The first-order valence-corrected chi connectivity index (χ1v) is 7.04. The minimum atomic E-state index is 0.317. The van der Waals surface area contributed by atoms with Crippen molar-refractivity contribution < 1.29 is 9.21 Å². The standard InChI is InChI=1S/C13H18O2S/c14-12(8-11-6-7-15-9-11)10-16-13-4-2-1-3-5-13/h6-7,9,13H,1-5,8,10H2. The third-order valence-corrected chi connectivity index (χ3v) is 4.45. The summed E-state index contributed by atoms with van der Waals surface area (Å²) in [7, 11) is 0. The number of carbonyl (C=O) groups is 1. The van der Waals surface area contributed by atoms with E-state index >= 15 is 0 Å². The highest BCUT2D eigenvalue weighted by Crippen LogP contribution is 2.28. The molecule has 0 spiro atoms. The second-order valence-electron chi connectivity index (χ2n) is 4.42. The predicted molar refractivity (Wildman–Crippen MR) is 66.8 cm³/mol. The summed E-state index contributed by atoms with van der Waals surface area (Å²) < 4.78 is 4.95. The predicted octanol–water partition coefficient (Wildman–Crippen LogP) is 3.46. The molecular formula is C13H18O2S. The first-order valence-electron chi connectivity index (χ1n) is 5.99. The topological polar surface area (TPSA) is 30.2 Å². The molecule has 1 aromatic rings. The largest absolute Gasteiger partial charge is 0.472 e. The van der Waals surface area contributed by atoms with Crippen molar-refractivity contribution in [3.63, 3.8) is 0 Å². The molecule has 0 atom stereocenters. The van der Waals surface area contributed by atoms with Gasteiger partial charge in [0.1, 0.15) is 5.78 Å². The zero-order valence-electron chi connectivity index (χ0n) is 9.48. The average Bonchev–Trinajstić information content (AvgIpc) is 2.81. The molecule has 1 fully saturated rings. The van der Waals surface area contributed by atoms with Gasteiger partial charge in [-0.25, -0.2) is 0 Å². The van der Waals surface area contributed by atoms with Crippen LogP contribution in [0.15, 0.2) is 23.0 Å². The maximum atomic E-state index is 11.7. The lowest BCUT2D eigenvalue weighted by Crippen LogP contribution is -2.13. The van der Waals surface area contributed by atoms with Crippen LogP contribution in [0, 0.1) is 0 Å². The van der Waals surface area contributed by atoms with Gasteiger partial charge < -0.3 is 4.42 Å². The monoisotopic (exact) mass is 238 g/mol. The Morgan fingerprint density at radius 2 is 2.19 bits per heavy atom. The van der Waals surface area contributed by atoms with Crippen molar-refractivity contribution in [3.8, 4) is 0 Å². The van der Waals surface area contributed by atoms with Crippen LogP contribution in [0.4, 0.5) is 0 Å². The molecule has 1 saturated carbocycles. The molecule has 2 nitrogen and oxygen atoms in total. The molecule has 0 aliphatic heterocycles. The van der Waals surface area contributed by atoms with Gasteiger partial charge in [-0.05, 0) is 24.5 Å². The fourth-order valence-electron chi connectivity index (χ4n) is 2.11. The number of hydrogen-bond acceptors (Lipinski definition) is 3. The second-order valence-corrected chi connectivity index (χ2v) is 5.71. The molecule has 0 amide bonds. The molecule has 0 N–H and O–H groups in total. The molecule has 0 bridgehead atoms. The molecule has 3 heteroatoms. The van der Waals surface area contributed by atoms with E-state index < -0.39 is 0 Å². The lowest BCUT2D eigenvalue weighted by atomic mass is 10.0. The van der Waals surface area contributed by atoms with E-state index in [-0.39, 0.29) is 0 Å². The zero-order valence-corrected chi connectivity index (χ0v) is 10.3. The van der Waals surface area contributed by atoms with Gasteiger partial charge in [0.15, 0.2) is 0 Å². The van der Waals surface area contributed by atoms with Gasteiger partial charge in [0.25, 0.3) is 0 Å². The van der Waals surface area contributed by atoms with Gasteiger partial charge in [0, 0.05) is 11.7 Å². The highest BCUT2D eigenvalue weighted by molar-refractivity contribution is 8.00. The summed E-state index contributed by atoms with van der Waals surface area (Å²) in [4.78, 5) is 11.7. The summed E-state index contributed by atoms with van der Waals surface area (Å²) in [6.07, 6.45) is 10.4. The van der Waals surface area contributed by atoms with Crippen LogP contribution in [0.3, 0.4) is 0 Å². The highest BCUT2D eigenvalue weighted by atomic mass is 32.2. The van der Waals surface area contributed by atoms with Gasteiger partial charge in [0.2, 0.25) is 0 Å². The van der Waals surface area contributed by atoms with Gasteiger partial charge in [-0.15, -0.1) is 0 Å². The maximum absolute atomic E-state index is 11.7. The molecule has 1 aliphatic rings. The minimum Gasteiger partial charge on any atom is -0.472 e. The minimum absolute atomic E-state index is 0.317. The Kier molecular flexibility index (Phi) is 4.52. The van der Waals surface area contributed by atoms with Gasteiger partial charge in [-0.1, -0.05) is 19.3 Å². The first kappa shape index (κ1) is 11.8. The van der Waals surface area contributed by atoms with Crippen molar-refractivity contribution in [2.24, 2.45) is 0 Å². The normalized spacial score (nSPS) is 17.5. The van der Waals surface area contributed by atoms with Crippen LogP contribution in [-0.2, 0) is 11.2 Å². The van der Waals surface area contributed by atoms with Gasteiger partial charge in [-0.2, -0.15) is 11.8 Å². The highest BCUT2D eigenvalue weighted by Gasteiger charge is 2.15. The first-order chi connectivity index (χ1) is 7.84. The Labute approximate surface area is 101 Å². The van der Waals surface area contributed by atoms with E-state index in [9.17, 15) is 4.79 Å². The van der Waals surface area contributed by atoms with Gasteiger partial charge in [0.05, 0.1) is 18.3 Å². The quantitative estimate of drug-likeness (QED) is 0.787. The van der Waals surface area contributed by atoms with Crippen LogP contribution in [-0.4, -0.2) is 16.8 Å². The Balaban J connectivity index is 1.67. The maximum Gasteiger partial charge on any atom is 0.147 e. The molecule has 0 unspecified atom stereocenters. The van der Waals surface area contributed by atoms with Crippen molar-refractivity contribution in [3.05, 3.63) is 24.2 Å². The molecule has 0 radical (unpaired) electrons. The summed E-state index contributed by atoms with van der Waals surface area (Å²) >= 11 is 1.85. The number of furan rings is 1. The van der Waals surface area contributed by atoms with Crippen molar-refractivity contribution in [1.82, 2.24) is 0 Å². The Morgan fingerprint density at radius 3 is 2.88 bits per heavy atom. The van der Waals surface area contributed by atoms with Gasteiger partial charge in [-0.3, -0.25) is 4.79 Å². The van der Waals surface area contributed by atoms with E-state index in [2.05, 4.69) is 0 Å².